The highest BCUT2D eigenvalue weighted by molar-refractivity contribution is 7.89. The minimum absolute atomic E-state index is 0.0647. The number of halogens is 3. The Morgan fingerprint density at radius 2 is 1.73 bits per heavy atom. The molecule has 0 bridgehead atoms. The van der Waals surface area contributed by atoms with Crippen molar-refractivity contribution >= 4 is 16.0 Å². The van der Waals surface area contributed by atoms with Crippen LogP contribution in [0.2, 0.25) is 0 Å². The molecule has 2 N–H and O–H groups in total. The van der Waals surface area contributed by atoms with Gasteiger partial charge >= 0.3 is 12.1 Å². The first-order valence-corrected chi connectivity index (χ1v) is 7.84. The maximum absolute atomic E-state index is 12.4. The molecule has 1 unspecified atom stereocenters. The third kappa shape index (κ3) is 4.99. The van der Waals surface area contributed by atoms with Crippen LogP contribution in [0.4, 0.5) is 13.2 Å². The van der Waals surface area contributed by atoms with Crippen molar-refractivity contribution in [2.24, 2.45) is 5.92 Å². The highest BCUT2D eigenvalue weighted by Crippen LogP contribution is 2.29. The second-order valence-corrected chi connectivity index (χ2v) is 6.88. The zero-order chi connectivity index (χ0) is 17.1. The van der Waals surface area contributed by atoms with Crippen LogP contribution < -0.4 is 4.72 Å². The molecule has 0 heterocycles. The van der Waals surface area contributed by atoms with Crippen LogP contribution in [0.15, 0.2) is 29.2 Å². The van der Waals surface area contributed by atoms with Gasteiger partial charge < -0.3 is 5.11 Å². The van der Waals surface area contributed by atoms with E-state index in [2.05, 4.69) is 0 Å². The van der Waals surface area contributed by atoms with Crippen LogP contribution in [0, 0.1) is 5.92 Å². The number of carboxylic acids is 1. The van der Waals surface area contributed by atoms with Crippen molar-refractivity contribution in [1.29, 1.82) is 0 Å². The van der Waals surface area contributed by atoms with Crippen molar-refractivity contribution in [2.45, 2.75) is 37.4 Å². The summed E-state index contributed by atoms with van der Waals surface area (Å²) in [5.41, 5.74) is -0.983. The fourth-order valence-corrected chi connectivity index (χ4v) is 2.95. The number of carboxylic acid groups (broad SMARTS) is 1. The number of hydrogen-bond acceptors (Lipinski definition) is 3. The molecule has 1 aromatic rings. The molecule has 0 amide bonds. The summed E-state index contributed by atoms with van der Waals surface area (Å²) in [6.45, 7) is 3.45. The summed E-state index contributed by atoms with van der Waals surface area (Å²) >= 11 is 0. The fourth-order valence-electron chi connectivity index (χ4n) is 1.75. The summed E-state index contributed by atoms with van der Waals surface area (Å²) in [5.74, 6) is -1.42. The van der Waals surface area contributed by atoms with E-state index in [1.807, 2.05) is 4.72 Å². The van der Waals surface area contributed by atoms with Crippen molar-refractivity contribution in [3.05, 3.63) is 29.8 Å². The third-order valence-electron chi connectivity index (χ3n) is 2.79. The molecule has 0 aliphatic heterocycles. The lowest BCUT2D eigenvalue weighted by Gasteiger charge is -2.17. The number of hydrogen-bond donors (Lipinski definition) is 2. The largest absolute Gasteiger partial charge is 0.480 e. The van der Waals surface area contributed by atoms with Gasteiger partial charge in [0.25, 0.3) is 0 Å². The first-order chi connectivity index (χ1) is 9.93. The van der Waals surface area contributed by atoms with Crippen LogP contribution in [0.25, 0.3) is 0 Å². The molecule has 0 fully saturated rings. The van der Waals surface area contributed by atoms with E-state index in [4.69, 9.17) is 5.11 Å². The summed E-state index contributed by atoms with van der Waals surface area (Å²) in [6.07, 6.45) is -4.51. The molecule has 22 heavy (non-hydrogen) atoms. The van der Waals surface area contributed by atoms with Gasteiger partial charge in [-0.15, -0.1) is 0 Å². The van der Waals surface area contributed by atoms with Crippen molar-refractivity contribution in [1.82, 2.24) is 4.72 Å². The van der Waals surface area contributed by atoms with Crippen LogP contribution in [-0.4, -0.2) is 25.5 Å². The van der Waals surface area contributed by atoms with E-state index in [9.17, 15) is 26.4 Å². The first kappa shape index (κ1) is 18.4. The maximum Gasteiger partial charge on any atom is 0.416 e. The monoisotopic (exact) mass is 339 g/mol. The number of sulfonamides is 1. The normalized spacial score (nSPS) is 14.1. The maximum atomic E-state index is 12.4. The van der Waals surface area contributed by atoms with Gasteiger partial charge in [-0.05, 0) is 36.6 Å². The molecule has 0 aliphatic carbocycles. The molecule has 1 atom stereocenters. The number of alkyl halides is 3. The van der Waals surface area contributed by atoms with Crippen LogP contribution >= 0.6 is 0 Å². The van der Waals surface area contributed by atoms with Crippen LogP contribution in [-0.2, 0) is 21.0 Å². The SMILES string of the molecule is CC(C)CC(NS(=O)(=O)c1ccc(C(F)(F)F)cc1)C(=O)O. The number of nitrogens with one attached hydrogen (secondary N) is 1. The smallest absolute Gasteiger partial charge is 0.416 e. The standard InChI is InChI=1S/C13H16F3NO4S/c1-8(2)7-11(12(18)19)17-22(20,21)10-5-3-9(4-6-10)13(14,15)16/h3-6,8,11,17H,7H2,1-2H3,(H,18,19). The molecule has 0 aliphatic rings. The lowest BCUT2D eigenvalue weighted by Crippen LogP contribution is -2.41. The topological polar surface area (TPSA) is 83.5 Å². The van der Waals surface area contributed by atoms with E-state index >= 15 is 0 Å². The number of rotatable bonds is 6. The van der Waals surface area contributed by atoms with Crippen LogP contribution in [0.3, 0.4) is 0 Å². The lowest BCUT2D eigenvalue weighted by atomic mass is 10.1. The van der Waals surface area contributed by atoms with E-state index in [-0.39, 0.29) is 12.3 Å². The number of aliphatic carboxylic acids is 1. The van der Waals surface area contributed by atoms with Gasteiger partial charge in [0.2, 0.25) is 10.0 Å². The van der Waals surface area contributed by atoms with E-state index in [0.29, 0.717) is 12.1 Å². The highest BCUT2D eigenvalue weighted by Gasteiger charge is 2.31. The predicted molar refractivity (Wildman–Crippen MR) is 72.6 cm³/mol. The average Bonchev–Trinajstić information content (AvgIpc) is 2.36. The molecule has 0 saturated carbocycles. The van der Waals surface area contributed by atoms with Crippen molar-refractivity contribution in [3.63, 3.8) is 0 Å². The van der Waals surface area contributed by atoms with Crippen LogP contribution in [0.5, 0.6) is 0 Å². The molecule has 1 aromatic carbocycles. The Balaban J connectivity index is 3.01. The van der Waals surface area contributed by atoms with E-state index in [1.54, 1.807) is 13.8 Å². The molecular formula is C13H16F3NO4S. The first-order valence-electron chi connectivity index (χ1n) is 6.36. The second-order valence-electron chi connectivity index (χ2n) is 5.16. The zero-order valence-corrected chi connectivity index (χ0v) is 12.7. The van der Waals surface area contributed by atoms with Gasteiger partial charge in [0.05, 0.1) is 10.5 Å². The summed E-state index contributed by atoms with van der Waals surface area (Å²) < 4.78 is 63.4. The summed E-state index contributed by atoms with van der Waals surface area (Å²) in [7, 11) is -4.21. The minimum Gasteiger partial charge on any atom is -0.480 e. The van der Waals surface area contributed by atoms with Crippen LogP contribution in [0.1, 0.15) is 25.8 Å². The van der Waals surface area contributed by atoms with Gasteiger partial charge in [-0.3, -0.25) is 4.79 Å². The molecule has 5 nitrogen and oxygen atoms in total. The Bertz CT molecular complexity index is 624. The summed E-state index contributed by atoms with van der Waals surface area (Å²) in [4.78, 5) is 10.6. The average molecular weight is 339 g/mol. The van der Waals surface area contributed by atoms with Gasteiger partial charge in [0.15, 0.2) is 0 Å². The number of benzene rings is 1. The predicted octanol–water partition coefficient (Wildman–Crippen LogP) is 2.48. The zero-order valence-electron chi connectivity index (χ0n) is 11.9. The Hall–Kier alpha value is -1.61. The Morgan fingerprint density at radius 3 is 2.09 bits per heavy atom. The Kier molecular flexibility index (Phi) is 5.58. The van der Waals surface area contributed by atoms with E-state index in [1.165, 1.54) is 0 Å². The minimum atomic E-state index is -4.57. The van der Waals surface area contributed by atoms with Gasteiger partial charge in [0, 0.05) is 0 Å². The number of carbonyl (C=O) groups is 1. The fraction of sp³-hybridized carbons (Fsp3) is 0.462. The molecule has 1 rings (SSSR count). The molecule has 9 heteroatoms. The van der Waals surface area contributed by atoms with Crippen molar-refractivity contribution < 1.29 is 31.5 Å². The summed E-state index contributed by atoms with van der Waals surface area (Å²) in [5, 5.41) is 9.01. The van der Waals surface area contributed by atoms with Gasteiger partial charge in [-0.2, -0.15) is 17.9 Å². The third-order valence-corrected chi connectivity index (χ3v) is 4.28. The van der Waals surface area contributed by atoms with Gasteiger partial charge in [-0.25, -0.2) is 8.42 Å². The Labute approximate surface area is 126 Å². The molecule has 124 valence electrons. The lowest BCUT2D eigenvalue weighted by molar-refractivity contribution is -0.139. The second kappa shape index (κ2) is 6.66. The molecule has 0 aromatic heterocycles. The Morgan fingerprint density at radius 1 is 1.23 bits per heavy atom. The van der Waals surface area contributed by atoms with Gasteiger partial charge in [0.1, 0.15) is 6.04 Å². The van der Waals surface area contributed by atoms with E-state index in [0.717, 1.165) is 12.1 Å². The quantitative estimate of drug-likeness (QED) is 0.834. The molecule has 0 spiro atoms. The molecular weight excluding hydrogens is 323 g/mol. The van der Waals surface area contributed by atoms with Gasteiger partial charge in [-0.1, -0.05) is 13.8 Å². The molecule has 0 radical (unpaired) electrons. The van der Waals surface area contributed by atoms with Crippen molar-refractivity contribution in [2.75, 3.05) is 0 Å². The molecule has 0 saturated heterocycles. The van der Waals surface area contributed by atoms with E-state index < -0.39 is 38.7 Å². The van der Waals surface area contributed by atoms with Crippen molar-refractivity contribution in [3.8, 4) is 0 Å². The highest BCUT2D eigenvalue weighted by atomic mass is 32.2. The summed E-state index contributed by atoms with van der Waals surface area (Å²) in [6, 6.07) is 1.51.